The number of carbonyl (C=O) groups is 2. The average Bonchev–Trinajstić information content (AvgIpc) is 3.28. The first-order valence-electron chi connectivity index (χ1n) is 8.92. The fraction of sp³-hybridized carbons (Fsp3) is 0.474. The van der Waals surface area contributed by atoms with Gasteiger partial charge in [0.15, 0.2) is 0 Å². The number of benzene rings is 1. The van der Waals surface area contributed by atoms with Crippen molar-refractivity contribution in [1.82, 2.24) is 5.32 Å². The van der Waals surface area contributed by atoms with Gasteiger partial charge in [-0.3, -0.25) is 4.79 Å². The zero-order valence-electron chi connectivity index (χ0n) is 14.3. The molecule has 3 rings (SSSR count). The van der Waals surface area contributed by atoms with Gasteiger partial charge < -0.3 is 20.7 Å². The van der Waals surface area contributed by atoms with E-state index in [-0.39, 0.29) is 18.0 Å². The summed E-state index contributed by atoms with van der Waals surface area (Å²) in [4.78, 5) is 23.9. The van der Waals surface area contributed by atoms with Crippen molar-refractivity contribution in [2.24, 2.45) is 5.92 Å². The molecule has 0 bridgehead atoms. The second kappa shape index (κ2) is 8.67. The van der Waals surface area contributed by atoms with Crippen molar-refractivity contribution in [2.75, 3.05) is 23.8 Å². The number of nitrogens with one attached hydrogen (secondary N) is 3. The van der Waals surface area contributed by atoms with E-state index in [4.69, 9.17) is 4.74 Å². The highest BCUT2D eigenvalue weighted by molar-refractivity contribution is 5.92. The molecule has 2 atom stereocenters. The maximum atomic E-state index is 12.0. The van der Waals surface area contributed by atoms with Crippen LogP contribution in [-0.2, 0) is 9.53 Å². The molecule has 0 saturated carbocycles. The van der Waals surface area contributed by atoms with Gasteiger partial charge in [-0.05, 0) is 55.9 Å². The Morgan fingerprint density at radius 2 is 1.84 bits per heavy atom. The number of urea groups is 1. The Bertz CT molecular complexity index is 621. The summed E-state index contributed by atoms with van der Waals surface area (Å²) < 4.78 is 5.47. The SMILES string of the molecule is O=C(CC1C=CCC1)Nc1ccc(NC(=O)NCC2CCCO2)cc1. The van der Waals surface area contributed by atoms with Gasteiger partial charge in [0, 0.05) is 30.9 Å². The van der Waals surface area contributed by atoms with E-state index < -0.39 is 0 Å². The Labute approximate surface area is 148 Å². The molecule has 3 amide bonds. The minimum atomic E-state index is -0.250. The predicted molar refractivity (Wildman–Crippen MR) is 97.5 cm³/mol. The van der Waals surface area contributed by atoms with E-state index in [0.29, 0.717) is 24.6 Å². The summed E-state index contributed by atoms with van der Waals surface area (Å²) in [6.45, 7) is 1.30. The third kappa shape index (κ3) is 5.60. The Hall–Kier alpha value is -2.34. The van der Waals surface area contributed by atoms with Crippen LogP contribution < -0.4 is 16.0 Å². The van der Waals surface area contributed by atoms with Gasteiger partial charge >= 0.3 is 6.03 Å². The van der Waals surface area contributed by atoms with E-state index >= 15 is 0 Å². The lowest BCUT2D eigenvalue weighted by Gasteiger charge is -2.12. The Morgan fingerprint density at radius 1 is 1.08 bits per heavy atom. The number of ether oxygens (including phenoxy) is 1. The molecule has 1 aliphatic heterocycles. The zero-order chi connectivity index (χ0) is 17.5. The molecule has 1 fully saturated rings. The zero-order valence-corrected chi connectivity index (χ0v) is 14.3. The molecular weight excluding hydrogens is 318 g/mol. The number of hydrogen-bond acceptors (Lipinski definition) is 3. The Morgan fingerprint density at radius 3 is 2.48 bits per heavy atom. The molecule has 25 heavy (non-hydrogen) atoms. The van der Waals surface area contributed by atoms with E-state index in [1.165, 1.54) is 0 Å². The molecule has 0 spiro atoms. The second-order valence-electron chi connectivity index (χ2n) is 6.57. The summed E-state index contributed by atoms with van der Waals surface area (Å²) in [5.74, 6) is 0.375. The Kier molecular flexibility index (Phi) is 6.06. The maximum absolute atomic E-state index is 12.0. The van der Waals surface area contributed by atoms with Crippen molar-refractivity contribution in [3.05, 3.63) is 36.4 Å². The number of carbonyl (C=O) groups excluding carboxylic acids is 2. The van der Waals surface area contributed by atoms with Gasteiger partial charge in [0.25, 0.3) is 0 Å². The van der Waals surface area contributed by atoms with Gasteiger partial charge in [0.05, 0.1) is 6.10 Å². The molecule has 0 radical (unpaired) electrons. The molecule has 3 N–H and O–H groups in total. The first kappa shape index (κ1) is 17.5. The summed E-state index contributed by atoms with van der Waals surface area (Å²) in [5.41, 5.74) is 1.42. The van der Waals surface area contributed by atoms with E-state index in [1.54, 1.807) is 24.3 Å². The lowest BCUT2D eigenvalue weighted by atomic mass is 10.1. The average molecular weight is 343 g/mol. The molecule has 2 aliphatic rings. The van der Waals surface area contributed by atoms with Crippen molar-refractivity contribution in [1.29, 1.82) is 0 Å². The molecule has 6 heteroatoms. The van der Waals surface area contributed by atoms with Crippen LogP contribution in [0, 0.1) is 5.92 Å². The van der Waals surface area contributed by atoms with Crippen molar-refractivity contribution in [3.8, 4) is 0 Å². The number of anilines is 2. The molecule has 0 aromatic heterocycles. The second-order valence-corrected chi connectivity index (χ2v) is 6.57. The van der Waals surface area contributed by atoms with Gasteiger partial charge in [-0.2, -0.15) is 0 Å². The highest BCUT2D eigenvalue weighted by Crippen LogP contribution is 2.21. The molecule has 1 aliphatic carbocycles. The molecule has 2 unspecified atom stereocenters. The standard InChI is InChI=1S/C19H25N3O3/c23-18(12-14-4-1-2-5-14)21-15-7-9-16(10-8-15)22-19(24)20-13-17-6-3-11-25-17/h1,4,7-10,14,17H,2-3,5-6,11-13H2,(H,21,23)(H2,20,22,24). The first-order chi connectivity index (χ1) is 12.2. The van der Waals surface area contributed by atoms with Gasteiger partial charge in [-0.15, -0.1) is 0 Å². The van der Waals surface area contributed by atoms with Crippen LogP contribution in [0.5, 0.6) is 0 Å². The van der Waals surface area contributed by atoms with Crippen LogP contribution in [0.2, 0.25) is 0 Å². The topological polar surface area (TPSA) is 79.5 Å². The van der Waals surface area contributed by atoms with Crippen molar-refractivity contribution < 1.29 is 14.3 Å². The van der Waals surface area contributed by atoms with Crippen LogP contribution in [0.25, 0.3) is 0 Å². The monoisotopic (exact) mass is 343 g/mol. The molecular formula is C19H25N3O3. The van der Waals surface area contributed by atoms with Crippen LogP contribution in [0.1, 0.15) is 32.1 Å². The van der Waals surface area contributed by atoms with E-state index in [9.17, 15) is 9.59 Å². The van der Waals surface area contributed by atoms with Crippen LogP contribution in [0.3, 0.4) is 0 Å². The quantitative estimate of drug-likeness (QED) is 0.694. The predicted octanol–water partition coefficient (Wildman–Crippen LogP) is 3.28. The highest BCUT2D eigenvalue weighted by Gasteiger charge is 2.16. The first-order valence-corrected chi connectivity index (χ1v) is 8.92. The Balaban J connectivity index is 1.40. The van der Waals surface area contributed by atoms with Gasteiger partial charge in [-0.25, -0.2) is 4.79 Å². The number of allylic oxidation sites excluding steroid dienone is 2. The molecule has 1 aromatic carbocycles. The molecule has 6 nitrogen and oxygen atoms in total. The van der Waals surface area contributed by atoms with Crippen LogP contribution in [-0.4, -0.2) is 31.2 Å². The fourth-order valence-corrected chi connectivity index (χ4v) is 3.14. The van der Waals surface area contributed by atoms with Crippen molar-refractivity contribution in [2.45, 2.75) is 38.2 Å². The van der Waals surface area contributed by atoms with Gasteiger partial charge in [0.2, 0.25) is 5.91 Å². The normalized spacial score (nSPS) is 21.9. The number of rotatable bonds is 6. The van der Waals surface area contributed by atoms with E-state index in [2.05, 4.69) is 28.1 Å². The summed E-state index contributed by atoms with van der Waals surface area (Å²) in [6, 6.07) is 6.88. The molecule has 1 saturated heterocycles. The lowest BCUT2D eigenvalue weighted by molar-refractivity contribution is -0.116. The maximum Gasteiger partial charge on any atom is 0.319 e. The number of amides is 3. The van der Waals surface area contributed by atoms with E-state index in [1.807, 2.05) is 0 Å². The summed E-state index contributed by atoms with van der Waals surface area (Å²) >= 11 is 0. The molecule has 134 valence electrons. The fourth-order valence-electron chi connectivity index (χ4n) is 3.14. The largest absolute Gasteiger partial charge is 0.376 e. The highest BCUT2D eigenvalue weighted by atomic mass is 16.5. The lowest BCUT2D eigenvalue weighted by Crippen LogP contribution is -2.35. The van der Waals surface area contributed by atoms with Crippen molar-refractivity contribution in [3.63, 3.8) is 0 Å². The minimum Gasteiger partial charge on any atom is -0.376 e. The van der Waals surface area contributed by atoms with Gasteiger partial charge in [0.1, 0.15) is 0 Å². The third-order valence-electron chi connectivity index (χ3n) is 4.50. The summed E-state index contributed by atoms with van der Waals surface area (Å²) in [6.07, 6.45) is 9.04. The summed E-state index contributed by atoms with van der Waals surface area (Å²) in [5, 5.41) is 8.48. The number of hydrogen-bond donors (Lipinski definition) is 3. The smallest absolute Gasteiger partial charge is 0.319 e. The van der Waals surface area contributed by atoms with Crippen LogP contribution in [0.15, 0.2) is 36.4 Å². The van der Waals surface area contributed by atoms with Crippen LogP contribution >= 0.6 is 0 Å². The minimum absolute atomic E-state index is 0.0200. The third-order valence-corrected chi connectivity index (χ3v) is 4.50. The van der Waals surface area contributed by atoms with Crippen molar-refractivity contribution >= 4 is 23.3 Å². The summed E-state index contributed by atoms with van der Waals surface area (Å²) in [7, 11) is 0. The van der Waals surface area contributed by atoms with Gasteiger partial charge in [-0.1, -0.05) is 12.2 Å². The molecule has 1 heterocycles. The van der Waals surface area contributed by atoms with Crippen LogP contribution in [0.4, 0.5) is 16.2 Å². The van der Waals surface area contributed by atoms with E-state index in [0.717, 1.165) is 38.0 Å². The molecule has 1 aromatic rings.